The monoisotopic (exact) mass is 412 g/mol. The van der Waals surface area contributed by atoms with E-state index in [-0.39, 0.29) is 16.7 Å². The summed E-state index contributed by atoms with van der Waals surface area (Å²) in [4.78, 5) is 32.0. The molecule has 0 radical (unpaired) electrons. The minimum Gasteiger partial charge on any atom is -0.507 e. The molecule has 31 heavy (non-hydrogen) atoms. The molecule has 1 fully saturated rings. The summed E-state index contributed by atoms with van der Waals surface area (Å²) in [6, 6.07) is 20.9. The molecule has 0 aliphatic carbocycles. The van der Waals surface area contributed by atoms with Crippen LogP contribution in [0.25, 0.3) is 5.76 Å². The molecule has 1 aliphatic rings. The Bertz CT molecular complexity index is 1140. The van der Waals surface area contributed by atoms with E-state index in [9.17, 15) is 14.7 Å². The zero-order chi connectivity index (χ0) is 22.2. The molecular formula is C26H24N2O3. The lowest BCUT2D eigenvalue weighted by Gasteiger charge is -2.26. The van der Waals surface area contributed by atoms with Gasteiger partial charge in [0.05, 0.1) is 11.3 Å². The number of nitrogens with zero attached hydrogens (tertiary/aromatic N) is 2. The minimum atomic E-state index is -0.818. The second kappa shape index (κ2) is 7.84. The second-order valence-electron chi connectivity index (χ2n) is 8.59. The fraction of sp³-hybridized carbons (Fsp3) is 0.192. The molecule has 0 saturated carbocycles. The van der Waals surface area contributed by atoms with E-state index < -0.39 is 17.7 Å². The number of aliphatic hydroxyl groups is 1. The Kier molecular flexibility index (Phi) is 5.19. The maximum Gasteiger partial charge on any atom is 0.300 e. The van der Waals surface area contributed by atoms with Gasteiger partial charge in [-0.05, 0) is 35.2 Å². The third-order valence-corrected chi connectivity index (χ3v) is 5.47. The lowest BCUT2D eigenvalue weighted by molar-refractivity contribution is -0.132. The summed E-state index contributed by atoms with van der Waals surface area (Å²) >= 11 is 0. The van der Waals surface area contributed by atoms with Crippen LogP contribution in [0.1, 0.15) is 43.6 Å². The van der Waals surface area contributed by atoms with Crippen LogP contribution in [0.5, 0.6) is 0 Å². The Labute approximate surface area is 181 Å². The Morgan fingerprint density at radius 1 is 0.903 bits per heavy atom. The molecule has 4 rings (SSSR count). The SMILES string of the molecule is CC(C)(C)c1ccc(N2C(=O)C(=O)/C(=C(/O)c3ccccc3)C2c2ccccn2)cc1. The zero-order valence-electron chi connectivity index (χ0n) is 17.7. The van der Waals surface area contributed by atoms with Crippen LogP contribution in [-0.2, 0) is 15.0 Å². The highest BCUT2D eigenvalue weighted by Gasteiger charge is 2.47. The van der Waals surface area contributed by atoms with Crippen molar-refractivity contribution < 1.29 is 14.7 Å². The third kappa shape index (κ3) is 3.75. The lowest BCUT2D eigenvalue weighted by Crippen LogP contribution is -2.30. The van der Waals surface area contributed by atoms with Gasteiger partial charge in [-0.3, -0.25) is 19.5 Å². The number of aliphatic hydroxyl groups excluding tert-OH is 1. The predicted octanol–water partition coefficient (Wildman–Crippen LogP) is 5.01. The largest absolute Gasteiger partial charge is 0.507 e. The zero-order valence-corrected chi connectivity index (χ0v) is 17.7. The molecule has 2 aromatic carbocycles. The number of ketones is 1. The van der Waals surface area contributed by atoms with Crippen molar-refractivity contribution in [3.05, 3.63) is 101 Å². The van der Waals surface area contributed by atoms with Gasteiger partial charge in [0.1, 0.15) is 11.8 Å². The van der Waals surface area contributed by atoms with Crippen LogP contribution in [0.2, 0.25) is 0 Å². The number of amides is 1. The Hall–Kier alpha value is -3.73. The van der Waals surface area contributed by atoms with E-state index in [0.29, 0.717) is 16.9 Å². The van der Waals surface area contributed by atoms with Crippen molar-refractivity contribution in [2.75, 3.05) is 4.90 Å². The Balaban J connectivity index is 1.89. The topological polar surface area (TPSA) is 70.5 Å². The summed E-state index contributed by atoms with van der Waals surface area (Å²) < 4.78 is 0. The molecule has 1 unspecified atom stereocenters. The summed E-state index contributed by atoms with van der Waals surface area (Å²) in [5.74, 6) is -1.61. The molecule has 156 valence electrons. The quantitative estimate of drug-likeness (QED) is 0.373. The Morgan fingerprint density at radius 2 is 1.55 bits per heavy atom. The number of hydrogen-bond acceptors (Lipinski definition) is 4. The van der Waals surface area contributed by atoms with E-state index in [4.69, 9.17) is 0 Å². The summed E-state index contributed by atoms with van der Waals surface area (Å²) in [6.07, 6.45) is 1.61. The van der Waals surface area contributed by atoms with Crippen LogP contribution in [-0.4, -0.2) is 21.8 Å². The third-order valence-electron chi connectivity index (χ3n) is 5.47. The normalized spacial score (nSPS) is 18.4. The van der Waals surface area contributed by atoms with E-state index >= 15 is 0 Å². The maximum atomic E-state index is 13.1. The maximum absolute atomic E-state index is 13.1. The highest BCUT2D eigenvalue weighted by Crippen LogP contribution is 2.41. The molecular weight excluding hydrogens is 388 g/mol. The Morgan fingerprint density at radius 3 is 2.13 bits per heavy atom. The van der Waals surface area contributed by atoms with Crippen molar-refractivity contribution in [2.24, 2.45) is 0 Å². The van der Waals surface area contributed by atoms with Gasteiger partial charge in [-0.25, -0.2) is 0 Å². The van der Waals surface area contributed by atoms with Crippen LogP contribution >= 0.6 is 0 Å². The summed E-state index contributed by atoms with van der Waals surface area (Å²) in [5.41, 5.74) is 2.68. The van der Waals surface area contributed by atoms with Crippen LogP contribution in [0.15, 0.2) is 84.6 Å². The highest BCUT2D eigenvalue weighted by atomic mass is 16.3. The van der Waals surface area contributed by atoms with Gasteiger partial charge in [-0.15, -0.1) is 0 Å². The number of benzene rings is 2. The number of hydrogen-bond donors (Lipinski definition) is 1. The van der Waals surface area contributed by atoms with Crippen LogP contribution < -0.4 is 4.90 Å². The molecule has 3 aromatic rings. The van der Waals surface area contributed by atoms with Gasteiger partial charge in [0, 0.05) is 17.4 Å². The number of carbonyl (C=O) groups excluding carboxylic acids is 2. The molecule has 1 atom stereocenters. The first-order chi connectivity index (χ1) is 14.8. The predicted molar refractivity (Wildman–Crippen MR) is 121 cm³/mol. The van der Waals surface area contributed by atoms with Gasteiger partial charge in [-0.1, -0.05) is 69.3 Å². The van der Waals surface area contributed by atoms with Crippen molar-refractivity contribution in [3.8, 4) is 0 Å². The smallest absolute Gasteiger partial charge is 0.300 e. The summed E-state index contributed by atoms with van der Waals surface area (Å²) in [5, 5.41) is 11.0. The molecule has 1 saturated heterocycles. The number of anilines is 1. The number of rotatable bonds is 3. The average molecular weight is 412 g/mol. The average Bonchev–Trinajstić information content (AvgIpc) is 3.04. The van der Waals surface area contributed by atoms with Crippen LogP contribution in [0.4, 0.5) is 5.69 Å². The summed E-state index contributed by atoms with van der Waals surface area (Å²) in [7, 11) is 0. The van der Waals surface area contributed by atoms with Gasteiger partial charge in [-0.2, -0.15) is 0 Å². The van der Waals surface area contributed by atoms with E-state index in [1.165, 1.54) is 4.90 Å². The van der Waals surface area contributed by atoms with Crippen LogP contribution in [0.3, 0.4) is 0 Å². The van der Waals surface area contributed by atoms with Crippen molar-refractivity contribution in [2.45, 2.75) is 32.2 Å². The number of aromatic nitrogens is 1. The van der Waals surface area contributed by atoms with Gasteiger partial charge in [0.25, 0.3) is 11.7 Å². The second-order valence-corrected chi connectivity index (χ2v) is 8.59. The number of Topliss-reactive ketones (excluding diaryl/α,β-unsaturated/α-hetero) is 1. The highest BCUT2D eigenvalue weighted by molar-refractivity contribution is 6.51. The van der Waals surface area contributed by atoms with E-state index in [1.54, 1.807) is 48.7 Å². The lowest BCUT2D eigenvalue weighted by atomic mass is 9.87. The molecule has 1 N–H and O–H groups in total. The fourth-order valence-electron chi connectivity index (χ4n) is 3.79. The van der Waals surface area contributed by atoms with Gasteiger partial charge >= 0.3 is 0 Å². The van der Waals surface area contributed by atoms with E-state index in [0.717, 1.165) is 5.56 Å². The molecule has 1 aromatic heterocycles. The first-order valence-electron chi connectivity index (χ1n) is 10.2. The molecule has 0 bridgehead atoms. The molecule has 1 amide bonds. The van der Waals surface area contributed by atoms with Crippen LogP contribution in [0, 0.1) is 0 Å². The molecule has 5 heteroatoms. The number of carbonyl (C=O) groups is 2. The first-order valence-corrected chi connectivity index (χ1v) is 10.2. The molecule has 5 nitrogen and oxygen atoms in total. The van der Waals surface area contributed by atoms with Crippen molar-refractivity contribution in [3.63, 3.8) is 0 Å². The van der Waals surface area contributed by atoms with Gasteiger partial charge in [0.15, 0.2) is 0 Å². The fourth-order valence-corrected chi connectivity index (χ4v) is 3.79. The van der Waals surface area contributed by atoms with Crippen molar-refractivity contribution in [1.82, 2.24) is 4.98 Å². The van der Waals surface area contributed by atoms with Crippen molar-refractivity contribution >= 4 is 23.1 Å². The van der Waals surface area contributed by atoms with Gasteiger partial charge < -0.3 is 5.11 Å². The molecule has 2 heterocycles. The van der Waals surface area contributed by atoms with E-state index in [2.05, 4.69) is 25.8 Å². The van der Waals surface area contributed by atoms with Gasteiger partial charge in [0.2, 0.25) is 0 Å². The molecule has 0 spiro atoms. The number of pyridine rings is 1. The van der Waals surface area contributed by atoms with E-state index in [1.807, 2.05) is 30.3 Å². The standard InChI is InChI=1S/C26H24N2O3/c1-26(2,3)18-12-14-19(15-13-18)28-22(20-11-7-8-16-27-20)21(24(30)25(28)31)23(29)17-9-5-4-6-10-17/h4-16,22,29H,1-3H3/b23-21+. The first kappa shape index (κ1) is 20.5. The van der Waals surface area contributed by atoms with Crippen molar-refractivity contribution in [1.29, 1.82) is 0 Å². The summed E-state index contributed by atoms with van der Waals surface area (Å²) in [6.45, 7) is 6.34. The minimum absolute atomic E-state index is 0.0368. The molecule has 1 aliphatic heterocycles.